The molecule has 5 N–H and O–H groups in total. The highest BCUT2D eigenvalue weighted by molar-refractivity contribution is 8.16. The van der Waals surface area contributed by atoms with Crippen molar-refractivity contribution in [1.82, 2.24) is 26.6 Å². The van der Waals surface area contributed by atoms with E-state index in [1.807, 2.05) is 350 Å². The highest BCUT2D eigenvalue weighted by Gasteiger charge is 2.00. The van der Waals surface area contributed by atoms with Crippen LogP contribution in [0.2, 0.25) is 0 Å². The molecular weight excluding hydrogens is 1600 g/mol. The smallest absolute Gasteiger partial charge is 0.169 e. The summed E-state index contributed by atoms with van der Waals surface area (Å²) in [5.74, 6) is 12.2. The number of hydrogen-bond acceptors (Lipinski definition) is 21. The van der Waals surface area contributed by atoms with E-state index < -0.39 is 0 Å². The predicted molar refractivity (Wildman–Crippen MR) is 599 cm³/mol. The van der Waals surface area contributed by atoms with Crippen LogP contribution in [0.25, 0.3) is 0 Å². The number of nitrogens with zero attached hydrogens (tertiary/aromatic N) is 4. The molecule has 0 amide bonds. The van der Waals surface area contributed by atoms with E-state index in [1.54, 1.807) is 24.3 Å². The van der Waals surface area contributed by atoms with Gasteiger partial charge in [-0.3, -0.25) is 20.0 Å². The van der Waals surface area contributed by atoms with Crippen molar-refractivity contribution in [3.05, 3.63) is 0 Å². The molecule has 0 aromatic rings. The summed E-state index contributed by atoms with van der Waals surface area (Å²) in [6, 6.07) is 0. The zero-order chi connectivity index (χ0) is 98.9. The Labute approximate surface area is 794 Å². The quantitative estimate of drug-likeness (QED) is 0.155. The first-order valence-electron chi connectivity index (χ1n) is 51.5. The summed E-state index contributed by atoms with van der Waals surface area (Å²) in [5, 5.41) is 17.3. The van der Waals surface area contributed by atoms with Crippen LogP contribution in [0, 0.1) is 0 Å². The van der Waals surface area contributed by atoms with Crippen molar-refractivity contribution in [3.63, 3.8) is 0 Å². The Morgan fingerprint density at radius 2 is 0.567 bits per heavy atom. The van der Waals surface area contributed by atoms with Crippen LogP contribution in [-0.4, -0.2) is 233 Å². The first kappa shape index (κ1) is 184. The lowest BCUT2D eigenvalue weighted by molar-refractivity contribution is -0.0963. The molecule has 0 aromatic heterocycles. The first-order chi connectivity index (χ1) is 60.0. The van der Waals surface area contributed by atoms with Gasteiger partial charge in [-0.25, -0.2) is 0 Å². The van der Waals surface area contributed by atoms with Gasteiger partial charge in [0.2, 0.25) is 0 Å². The lowest BCUT2D eigenvalue weighted by Gasteiger charge is -2.11. The topological polar surface area (TPSA) is 165 Å². The number of aliphatic imine (C=N–C) groups is 4. The van der Waals surface area contributed by atoms with E-state index in [9.17, 15) is 0 Å². The van der Waals surface area contributed by atoms with Crippen LogP contribution in [0.3, 0.4) is 0 Å². The second-order valence-electron chi connectivity index (χ2n) is 16.8. The third-order valence-electron chi connectivity index (χ3n) is 10.4. The Kier molecular flexibility index (Phi) is 491. The minimum atomic E-state index is 0.500. The Morgan fingerprint density at radius 3 is 0.667 bits per heavy atom. The fourth-order valence-corrected chi connectivity index (χ4v) is 12.4. The van der Waals surface area contributed by atoms with E-state index in [4.69, 9.17) is 28.4 Å². The molecule has 120 heavy (non-hydrogen) atoms. The van der Waals surface area contributed by atoms with Crippen LogP contribution in [0.15, 0.2) is 20.0 Å². The third-order valence-corrected chi connectivity index (χ3v) is 17.1. The molecule has 12 rings (SSSR count). The minimum Gasteiger partial charge on any atom is -0.483 e. The minimum absolute atomic E-state index is 0.500. The van der Waals surface area contributed by atoms with Gasteiger partial charge in [0.15, 0.2) is 6.40 Å². The highest BCUT2D eigenvalue weighted by Crippen LogP contribution is 2.20. The molecule has 1 aliphatic carbocycles. The van der Waals surface area contributed by atoms with Gasteiger partial charge in [0.1, 0.15) is 6.79 Å². The molecule has 7 saturated heterocycles. The van der Waals surface area contributed by atoms with Gasteiger partial charge in [0.25, 0.3) is 0 Å². The maximum atomic E-state index is 4.94. The fourth-order valence-electron chi connectivity index (χ4n) is 6.40. The zero-order valence-electron chi connectivity index (χ0n) is 92.7. The molecule has 0 spiro atoms. The Hall–Kier alpha value is 0.0200. The number of thioether (sulfide) groups is 6. The van der Waals surface area contributed by atoms with E-state index in [0.29, 0.717) is 13.4 Å². The van der Waals surface area contributed by atoms with E-state index >= 15 is 0 Å². The van der Waals surface area contributed by atoms with E-state index in [1.165, 1.54) is 166 Å². The van der Waals surface area contributed by atoms with Gasteiger partial charge in [-0.2, -0.15) is 58.8 Å². The van der Waals surface area contributed by atoms with Crippen LogP contribution in [-0.2, 0) is 28.4 Å². The lowest BCUT2D eigenvalue weighted by Crippen LogP contribution is -2.39. The van der Waals surface area contributed by atoms with E-state index in [2.05, 4.69) is 93.6 Å². The molecule has 760 valence electrons. The number of piperazine rings is 1. The van der Waals surface area contributed by atoms with Gasteiger partial charge in [0.05, 0.1) is 77.9 Å². The van der Waals surface area contributed by atoms with Crippen LogP contribution >= 0.6 is 70.6 Å². The molecule has 0 bridgehead atoms. The molecule has 1 saturated carbocycles. The molecule has 0 unspecified atom stereocenters. The summed E-state index contributed by atoms with van der Waals surface area (Å²) in [6.07, 6.45) is 24.3. The Bertz CT molecular complexity index is 799. The van der Waals surface area contributed by atoms with Crippen molar-refractivity contribution >= 4 is 95.1 Å². The van der Waals surface area contributed by atoms with Crippen molar-refractivity contribution in [2.75, 3.05) is 208 Å². The number of hydrogen-bond donors (Lipinski definition) is 5. The van der Waals surface area contributed by atoms with Crippen molar-refractivity contribution in [3.8, 4) is 0 Å². The van der Waals surface area contributed by atoms with Gasteiger partial charge >= 0.3 is 0 Å². The summed E-state index contributed by atoms with van der Waals surface area (Å²) < 4.78 is 29.3. The molecule has 21 heteroatoms. The Balaban J connectivity index is -0.0000000364. The number of rotatable bonds is 0. The normalized spacial score (nSPS) is 14.9. The largest absolute Gasteiger partial charge is 0.483 e. The highest BCUT2D eigenvalue weighted by atomic mass is 32.2. The van der Waals surface area contributed by atoms with Crippen molar-refractivity contribution in [1.29, 1.82) is 0 Å². The second kappa shape index (κ2) is 320. The van der Waals surface area contributed by atoms with Gasteiger partial charge in [0, 0.05) is 123 Å². The summed E-state index contributed by atoms with van der Waals surface area (Å²) in [5.41, 5.74) is 1.93. The summed E-state index contributed by atoms with van der Waals surface area (Å²) >= 11 is 12.1. The maximum Gasteiger partial charge on any atom is 0.169 e. The summed E-state index contributed by atoms with van der Waals surface area (Å²) in [4.78, 5) is 15.7. The van der Waals surface area contributed by atoms with Crippen molar-refractivity contribution in [2.24, 2.45) is 20.0 Å². The van der Waals surface area contributed by atoms with Crippen molar-refractivity contribution in [2.45, 2.75) is 422 Å². The fraction of sp³-hybridized carbons (Fsp3) is 0.960. The molecule has 15 nitrogen and oxygen atoms in total. The zero-order valence-corrected chi connectivity index (χ0v) is 97.6. The molecule has 11 aliphatic heterocycles. The molecule has 8 fully saturated rings. The van der Waals surface area contributed by atoms with Gasteiger partial charge in [-0.15, -0.1) is 11.8 Å². The number of ether oxygens (including phenoxy) is 6. The third kappa shape index (κ3) is 312. The van der Waals surface area contributed by atoms with Gasteiger partial charge in [-0.1, -0.05) is 377 Å². The average molecular weight is 1850 g/mol. The summed E-state index contributed by atoms with van der Waals surface area (Å²) in [7, 11) is 0. The van der Waals surface area contributed by atoms with Crippen molar-refractivity contribution < 1.29 is 28.4 Å². The van der Waals surface area contributed by atoms with E-state index in [-0.39, 0.29) is 0 Å². The van der Waals surface area contributed by atoms with Crippen LogP contribution < -0.4 is 26.6 Å². The molecule has 11 heterocycles. The Morgan fingerprint density at radius 1 is 0.225 bits per heavy atom. The molecule has 0 radical (unpaired) electrons. The molecular formula is C99H247N9O6S6. The first-order valence-corrected chi connectivity index (χ1v) is 58.3. The SMILES string of the molecule is C1=NCCCN1.C1=NCCCO1.C1=NCCCS1.C1=NCCOC1.C1CCCCC1.C1CCNCC1.C1CNCCN1.C1COCCO1.C1COCOC1.C1CSCCN1.C1CSCCS1.C1CSCSC1.CC.CC.CC.CC.CC.CC.CC.CC.CC.CC.CC.CC.CC.CC.CC.CC.CC.CC.CC.CC.CC.CC.CC.CC. The average Bonchev–Trinajstić information content (AvgIpc) is 3.49. The molecule has 0 aromatic carbocycles. The summed E-state index contributed by atoms with van der Waals surface area (Å²) in [6.45, 7) is 118. The number of piperidine rings is 1. The monoisotopic (exact) mass is 1850 g/mol. The lowest BCUT2D eigenvalue weighted by atomic mass is 10.0. The van der Waals surface area contributed by atoms with E-state index in [0.717, 1.165) is 125 Å². The van der Waals surface area contributed by atoms with Crippen LogP contribution in [0.4, 0.5) is 0 Å². The van der Waals surface area contributed by atoms with Crippen LogP contribution in [0.5, 0.6) is 0 Å². The maximum absolute atomic E-state index is 4.94. The molecule has 12 aliphatic rings. The molecule has 0 atom stereocenters. The number of nitrogens with one attached hydrogen (secondary N) is 5. The standard InChI is InChI=1S/C6H12.C5H11N.C4H10N2.C4H8N2.2C4H7NO.C4H9NS.C4H7NS.2C4H8O2.2C4H8S2.24C2H6/c2*1-2-4-6-5-3-1;1-2-6-4-3-5-1;1-2-5-4-6-3-1;1-3-6-4-2-5-1;1-2-5-4-6-3-1;1-3-6-4-2-5-1;1-2-5-4-6-3-1;1-2-6-4-3-5-1;1-2-5-4-6-3-1;1-2-6-4-3-5-1;1-2-5-4-6-3-1;24*1-2/h1-6H2;6H,1-5H2;5-6H,1-4H2;4H,1-3H2,(H,5,6);1H,2-4H2;4H,1-3H2;5H,1-4H2;4H,1-3H2;4*1-4H2;24*1-2H3. The van der Waals surface area contributed by atoms with Crippen LogP contribution in [0.1, 0.15) is 422 Å². The van der Waals surface area contributed by atoms with Gasteiger partial charge < -0.3 is 55.0 Å². The van der Waals surface area contributed by atoms with Gasteiger partial charge in [-0.05, 0) is 63.1 Å². The second-order valence-corrected chi connectivity index (χ2v) is 24.0. The predicted octanol–water partition coefficient (Wildman–Crippen LogP) is 32.6.